The van der Waals surface area contributed by atoms with Crippen LogP contribution in [0.25, 0.3) is 0 Å². The lowest BCUT2D eigenvalue weighted by atomic mass is 10.0. The standard InChI is InChI=1S/C22H20N6O3/c1-12(2)18-24-22(26-25-18)23-17(29)11-27-19-13-7-3-4-8-14(13)21(31)28(19)16-10-6-5-9-15(16)20(27)30/h3-10,12,19H,11H2,1-2H3,(H2,23,24,25,26,29)/t19-/m0/s1. The second-order valence-corrected chi connectivity index (χ2v) is 7.83. The number of aromatic nitrogens is 3. The van der Waals surface area contributed by atoms with E-state index in [1.165, 1.54) is 4.90 Å². The van der Waals surface area contributed by atoms with E-state index in [9.17, 15) is 14.4 Å². The van der Waals surface area contributed by atoms with Crippen LogP contribution in [0.4, 0.5) is 11.6 Å². The Labute approximate surface area is 178 Å². The van der Waals surface area contributed by atoms with Gasteiger partial charge in [-0.25, -0.2) is 0 Å². The molecule has 2 aromatic carbocycles. The van der Waals surface area contributed by atoms with Crippen LogP contribution < -0.4 is 10.2 Å². The van der Waals surface area contributed by atoms with Crippen molar-refractivity contribution in [2.75, 3.05) is 16.8 Å². The van der Waals surface area contributed by atoms with Crippen molar-refractivity contribution in [1.82, 2.24) is 20.1 Å². The molecule has 5 rings (SSSR count). The van der Waals surface area contributed by atoms with Crippen molar-refractivity contribution >= 4 is 29.4 Å². The van der Waals surface area contributed by atoms with Crippen LogP contribution >= 0.6 is 0 Å². The Morgan fingerprint density at radius 1 is 1.06 bits per heavy atom. The highest BCUT2D eigenvalue weighted by Gasteiger charge is 2.48. The van der Waals surface area contributed by atoms with E-state index in [0.717, 1.165) is 0 Å². The van der Waals surface area contributed by atoms with Crippen molar-refractivity contribution in [3.05, 3.63) is 71.0 Å². The van der Waals surface area contributed by atoms with Crippen LogP contribution in [0.2, 0.25) is 0 Å². The van der Waals surface area contributed by atoms with E-state index in [4.69, 9.17) is 0 Å². The number of H-pyrrole nitrogens is 1. The number of aromatic amines is 1. The summed E-state index contributed by atoms with van der Waals surface area (Å²) in [6, 6.07) is 14.1. The quantitative estimate of drug-likeness (QED) is 0.679. The van der Waals surface area contributed by atoms with Gasteiger partial charge in [0.15, 0.2) is 0 Å². The first-order valence-corrected chi connectivity index (χ1v) is 10.0. The van der Waals surface area contributed by atoms with Crippen LogP contribution in [0.3, 0.4) is 0 Å². The zero-order chi connectivity index (χ0) is 21.7. The Hall–Kier alpha value is -4.01. The van der Waals surface area contributed by atoms with Crippen molar-refractivity contribution in [3.8, 4) is 0 Å². The smallest absolute Gasteiger partial charge is 0.260 e. The van der Waals surface area contributed by atoms with Gasteiger partial charge < -0.3 is 4.90 Å². The fourth-order valence-electron chi connectivity index (χ4n) is 4.04. The molecule has 2 aliphatic heterocycles. The second kappa shape index (κ2) is 7.05. The molecular weight excluding hydrogens is 396 g/mol. The number of hydrogen-bond acceptors (Lipinski definition) is 5. The molecule has 3 amide bonds. The fourth-order valence-corrected chi connectivity index (χ4v) is 4.04. The lowest BCUT2D eigenvalue weighted by molar-refractivity contribution is -0.117. The van der Waals surface area contributed by atoms with Gasteiger partial charge in [0.1, 0.15) is 18.5 Å². The van der Waals surface area contributed by atoms with Gasteiger partial charge in [0.05, 0.1) is 11.3 Å². The molecule has 1 aromatic heterocycles. The van der Waals surface area contributed by atoms with Gasteiger partial charge in [-0.2, -0.15) is 4.98 Å². The molecule has 0 fully saturated rings. The van der Waals surface area contributed by atoms with Crippen molar-refractivity contribution in [2.45, 2.75) is 25.9 Å². The summed E-state index contributed by atoms with van der Waals surface area (Å²) in [6.07, 6.45) is -0.685. The SMILES string of the molecule is CC(C)c1nc(NC(=O)CN2C(=O)c3ccccc3N3C(=O)c4ccccc4[C@@H]23)n[nH]1. The van der Waals surface area contributed by atoms with Gasteiger partial charge in [-0.1, -0.05) is 44.2 Å². The Morgan fingerprint density at radius 3 is 2.52 bits per heavy atom. The normalized spacial score (nSPS) is 16.9. The van der Waals surface area contributed by atoms with Crippen molar-refractivity contribution < 1.29 is 14.4 Å². The number of benzene rings is 2. The number of carbonyl (C=O) groups excluding carboxylic acids is 3. The van der Waals surface area contributed by atoms with Crippen LogP contribution in [-0.2, 0) is 4.79 Å². The molecule has 9 nitrogen and oxygen atoms in total. The van der Waals surface area contributed by atoms with E-state index >= 15 is 0 Å². The first-order chi connectivity index (χ1) is 15.0. The summed E-state index contributed by atoms with van der Waals surface area (Å²) in [5.41, 5.74) is 2.15. The minimum atomic E-state index is -0.685. The predicted octanol–water partition coefficient (Wildman–Crippen LogP) is 2.68. The number of nitrogens with one attached hydrogen (secondary N) is 2. The number of anilines is 2. The number of fused-ring (bicyclic) bond motifs is 5. The van der Waals surface area contributed by atoms with Gasteiger partial charge in [0, 0.05) is 17.0 Å². The summed E-state index contributed by atoms with van der Waals surface area (Å²) in [4.78, 5) is 46.5. The summed E-state index contributed by atoms with van der Waals surface area (Å²) in [5, 5.41) is 9.42. The molecule has 0 saturated heterocycles. The molecule has 2 N–H and O–H groups in total. The highest BCUT2D eigenvalue weighted by atomic mass is 16.2. The van der Waals surface area contributed by atoms with Crippen molar-refractivity contribution in [2.24, 2.45) is 0 Å². The maximum Gasteiger partial charge on any atom is 0.260 e. The molecule has 0 bridgehead atoms. The van der Waals surface area contributed by atoms with Crippen LogP contribution in [-0.4, -0.2) is 44.3 Å². The van der Waals surface area contributed by atoms with Crippen LogP contribution in [0, 0.1) is 0 Å². The molecule has 2 aliphatic rings. The summed E-state index contributed by atoms with van der Waals surface area (Å²) < 4.78 is 0. The van der Waals surface area contributed by atoms with Crippen LogP contribution in [0.1, 0.15) is 58.0 Å². The number of carbonyl (C=O) groups is 3. The number of rotatable bonds is 4. The molecule has 1 atom stereocenters. The molecule has 0 radical (unpaired) electrons. The molecule has 3 heterocycles. The van der Waals surface area contributed by atoms with Crippen LogP contribution in [0.15, 0.2) is 48.5 Å². The fraction of sp³-hybridized carbons (Fsp3) is 0.227. The van der Waals surface area contributed by atoms with Gasteiger partial charge in [0.2, 0.25) is 11.9 Å². The van der Waals surface area contributed by atoms with E-state index in [0.29, 0.717) is 28.2 Å². The molecule has 0 aliphatic carbocycles. The first-order valence-electron chi connectivity index (χ1n) is 10.0. The monoisotopic (exact) mass is 416 g/mol. The third-order valence-corrected chi connectivity index (χ3v) is 5.50. The van der Waals surface area contributed by atoms with Gasteiger partial charge in [-0.05, 0) is 18.2 Å². The molecule has 9 heteroatoms. The largest absolute Gasteiger partial charge is 0.304 e. The van der Waals surface area contributed by atoms with E-state index < -0.39 is 12.1 Å². The third kappa shape index (κ3) is 2.97. The van der Waals surface area contributed by atoms with Crippen molar-refractivity contribution in [1.29, 1.82) is 0 Å². The van der Waals surface area contributed by atoms with Crippen molar-refractivity contribution in [3.63, 3.8) is 0 Å². The minimum absolute atomic E-state index is 0.132. The predicted molar refractivity (Wildman–Crippen MR) is 113 cm³/mol. The van der Waals surface area contributed by atoms with E-state index in [1.807, 2.05) is 26.0 Å². The molecular formula is C22H20N6O3. The topological polar surface area (TPSA) is 111 Å². The maximum atomic E-state index is 13.3. The summed E-state index contributed by atoms with van der Waals surface area (Å²) in [6.45, 7) is 3.67. The molecule has 0 saturated carbocycles. The highest BCUT2D eigenvalue weighted by molar-refractivity contribution is 6.17. The summed E-state index contributed by atoms with van der Waals surface area (Å²) in [5.74, 6) is -0.0133. The van der Waals surface area contributed by atoms with Crippen LogP contribution in [0.5, 0.6) is 0 Å². The van der Waals surface area contributed by atoms with Gasteiger partial charge in [-0.15, -0.1) is 5.10 Å². The Balaban J connectivity index is 1.49. The lowest BCUT2D eigenvalue weighted by Crippen LogP contribution is -2.50. The molecule has 0 unspecified atom stereocenters. The molecule has 3 aromatic rings. The lowest BCUT2D eigenvalue weighted by Gasteiger charge is -2.40. The molecule has 0 spiro atoms. The zero-order valence-corrected chi connectivity index (χ0v) is 17.0. The minimum Gasteiger partial charge on any atom is -0.304 e. The third-order valence-electron chi connectivity index (χ3n) is 5.50. The zero-order valence-electron chi connectivity index (χ0n) is 17.0. The molecule has 31 heavy (non-hydrogen) atoms. The summed E-state index contributed by atoms with van der Waals surface area (Å²) in [7, 11) is 0. The molecule has 156 valence electrons. The van der Waals surface area contributed by atoms with Gasteiger partial charge >= 0.3 is 0 Å². The first kappa shape index (κ1) is 19.0. The van der Waals surface area contributed by atoms with Gasteiger partial charge in [0.25, 0.3) is 11.8 Å². The Bertz CT molecular complexity index is 1220. The number of amides is 3. The number of hydrogen-bond donors (Lipinski definition) is 2. The van der Waals surface area contributed by atoms with Gasteiger partial charge in [-0.3, -0.25) is 29.7 Å². The Morgan fingerprint density at radius 2 is 1.77 bits per heavy atom. The summed E-state index contributed by atoms with van der Waals surface area (Å²) >= 11 is 0. The van der Waals surface area contributed by atoms with E-state index in [1.54, 1.807) is 41.3 Å². The maximum absolute atomic E-state index is 13.3. The van der Waals surface area contributed by atoms with E-state index in [-0.39, 0.29) is 30.2 Å². The second-order valence-electron chi connectivity index (χ2n) is 7.83. The number of nitrogens with zero attached hydrogens (tertiary/aromatic N) is 4. The number of para-hydroxylation sites is 1. The highest BCUT2D eigenvalue weighted by Crippen LogP contribution is 2.44. The van der Waals surface area contributed by atoms with E-state index in [2.05, 4.69) is 20.5 Å². The average molecular weight is 416 g/mol. The average Bonchev–Trinajstić information content (AvgIpc) is 3.34. The Kier molecular flexibility index (Phi) is 4.32.